The number of amides is 1. The van der Waals surface area contributed by atoms with Crippen molar-refractivity contribution in [1.82, 2.24) is 0 Å². The number of nitrogens with one attached hydrogen (secondary N) is 1. The number of benzene rings is 1. The van der Waals surface area contributed by atoms with Gasteiger partial charge >= 0.3 is 0 Å². The number of nitriles is 3. The standard InChI is InChI=1S/C15H11N5O2/c16-7-11(8-17)14(9-18)19-12-1-3-13(4-2-12)20-5-6-22-10-15(20)21/h1-4,19H,5-6,10H2. The van der Waals surface area contributed by atoms with Crippen molar-refractivity contribution in [3.63, 3.8) is 0 Å². The number of nitrogens with zero attached hydrogens (tertiary/aromatic N) is 4. The highest BCUT2D eigenvalue weighted by molar-refractivity contribution is 5.95. The molecule has 0 radical (unpaired) electrons. The van der Waals surface area contributed by atoms with E-state index in [1.807, 2.05) is 0 Å². The summed E-state index contributed by atoms with van der Waals surface area (Å²) in [5.74, 6) is -0.110. The molecule has 1 N–H and O–H groups in total. The van der Waals surface area contributed by atoms with E-state index in [0.717, 1.165) is 5.69 Å². The first-order chi connectivity index (χ1) is 10.7. The summed E-state index contributed by atoms with van der Waals surface area (Å²) in [4.78, 5) is 13.3. The highest BCUT2D eigenvalue weighted by Gasteiger charge is 2.19. The first kappa shape index (κ1) is 15.1. The molecule has 2 rings (SSSR count). The number of carbonyl (C=O) groups excluding carboxylic acids is 1. The summed E-state index contributed by atoms with van der Waals surface area (Å²) in [6, 6.07) is 11.9. The molecule has 1 heterocycles. The molecule has 0 spiro atoms. The number of hydrogen-bond donors (Lipinski definition) is 1. The van der Waals surface area contributed by atoms with Crippen LogP contribution in [0.5, 0.6) is 0 Å². The van der Waals surface area contributed by atoms with Crippen molar-refractivity contribution in [2.24, 2.45) is 0 Å². The Balaban J connectivity index is 2.18. The second-order valence-electron chi connectivity index (χ2n) is 4.36. The van der Waals surface area contributed by atoms with Crippen LogP contribution in [0.4, 0.5) is 11.4 Å². The molecule has 0 bridgehead atoms. The number of allylic oxidation sites excluding steroid dienone is 2. The minimum Gasteiger partial charge on any atom is -0.370 e. The van der Waals surface area contributed by atoms with E-state index in [1.165, 1.54) is 0 Å². The largest absolute Gasteiger partial charge is 0.370 e. The molecule has 108 valence electrons. The van der Waals surface area contributed by atoms with Gasteiger partial charge in [-0.15, -0.1) is 0 Å². The molecule has 1 aliphatic rings. The molecule has 0 aliphatic carbocycles. The van der Waals surface area contributed by atoms with Crippen LogP contribution in [0.1, 0.15) is 0 Å². The molecule has 0 unspecified atom stereocenters. The molecule has 22 heavy (non-hydrogen) atoms. The summed E-state index contributed by atoms with van der Waals surface area (Å²) in [6.45, 7) is 1.04. The van der Waals surface area contributed by atoms with Crippen molar-refractivity contribution in [3.8, 4) is 18.2 Å². The molecule has 1 aliphatic heterocycles. The average molecular weight is 293 g/mol. The summed E-state index contributed by atoms with van der Waals surface area (Å²) in [6.07, 6.45) is 0. The highest BCUT2D eigenvalue weighted by Crippen LogP contribution is 2.20. The van der Waals surface area contributed by atoms with E-state index in [4.69, 9.17) is 20.5 Å². The Kier molecular flexibility index (Phi) is 4.72. The van der Waals surface area contributed by atoms with Crippen molar-refractivity contribution < 1.29 is 9.53 Å². The fraction of sp³-hybridized carbons (Fsp3) is 0.200. The van der Waals surface area contributed by atoms with E-state index < -0.39 is 0 Å². The van der Waals surface area contributed by atoms with E-state index in [1.54, 1.807) is 47.4 Å². The minimum atomic E-state index is -0.282. The zero-order valence-electron chi connectivity index (χ0n) is 11.5. The molecule has 7 nitrogen and oxygen atoms in total. The Hall–Kier alpha value is -3.34. The van der Waals surface area contributed by atoms with Gasteiger partial charge in [-0.3, -0.25) is 4.79 Å². The monoisotopic (exact) mass is 293 g/mol. The summed E-state index contributed by atoms with van der Waals surface area (Å²) >= 11 is 0. The predicted molar refractivity (Wildman–Crippen MR) is 77.1 cm³/mol. The lowest BCUT2D eigenvalue weighted by molar-refractivity contribution is -0.125. The van der Waals surface area contributed by atoms with Gasteiger partial charge in [-0.25, -0.2) is 0 Å². The van der Waals surface area contributed by atoms with Crippen molar-refractivity contribution in [2.45, 2.75) is 0 Å². The van der Waals surface area contributed by atoms with Crippen LogP contribution in [0.3, 0.4) is 0 Å². The second kappa shape index (κ2) is 6.90. The minimum absolute atomic E-state index is 0.0645. The maximum Gasteiger partial charge on any atom is 0.253 e. The molecular weight excluding hydrogens is 282 g/mol. The van der Waals surface area contributed by atoms with Gasteiger partial charge in [0.05, 0.1) is 6.61 Å². The molecule has 1 saturated heterocycles. The number of carbonyl (C=O) groups is 1. The number of ether oxygens (including phenoxy) is 1. The van der Waals surface area contributed by atoms with Crippen LogP contribution < -0.4 is 10.2 Å². The third-order valence-electron chi connectivity index (χ3n) is 3.02. The molecule has 1 aromatic carbocycles. The fourth-order valence-corrected chi connectivity index (χ4v) is 1.94. The Morgan fingerprint density at radius 3 is 2.36 bits per heavy atom. The average Bonchev–Trinajstić information content (AvgIpc) is 2.56. The fourth-order valence-electron chi connectivity index (χ4n) is 1.94. The van der Waals surface area contributed by atoms with Gasteiger partial charge in [0.15, 0.2) is 5.57 Å². The van der Waals surface area contributed by atoms with E-state index in [9.17, 15) is 4.79 Å². The van der Waals surface area contributed by atoms with Crippen LogP contribution in [0.25, 0.3) is 0 Å². The molecule has 7 heteroatoms. The van der Waals surface area contributed by atoms with Gasteiger partial charge in [-0.05, 0) is 24.3 Å². The zero-order chi connectivity index (χ0) is 15.9. The van der Waals surface area contributed by atoms with Crippen molar-refractivity contribution in [1.29, 1.82) is 15.8 Å². The zero-order valence-corrected chi connectivity index (χ0v) is 11.5. The van der Waals surface area contributed by atoms with Crippen LogP contribution in [0.2, 0.25) is 0 Å². The predicted octanol–water partition coefficient (Wildman–Crippen LogP) is 1.29. The molecule has 0 aromatic heterocycles. The van der Waals surface area contributed by atoms with Crippen LogP contribution in [0.15, 0.2) is 35.5 Å². The Morgan fingerprint density at radius 1 is 1.14 bits per heavy atom. The molecule has 1 aromatic rings. The van der Waals surface area contributed by atoms with Crippen molar-refractivity contribution >= 4 is 17.3 Å². The van der Waals surface area contributed by atoms with Crippen LogP contribution in [0, 0.1) is 34.0 Å². The molecule has 1 fully saturated rings. The first-order valence-corrected chi connectivity index (χ1v) is 6.39. The molecule has 0 atom stereocenters. The van der Waals surface area contributed by atoms with Gasteiger partial charge in [0, 0.05) is 17.9 Å². The lowest BCUT2D eigenvalue weighted by atomic mass is 10.2. The third-order valence-corrected chi connectivity index (χ3v) is 3.02. The summed E-state index contributed by atoms with van der Waals surface area (Å²) in [7, 11) is 0. The quantitative estimate of drug-likeness (QED) is 0.840. The van der Waals surface area contributed by atoms with E-state index in [2.05, 4.69) is 5.32 Å². The Labute approximate surface area is 127 Å². The van der Waals surface area contributed by atoms with Gasteiger partial charge in [0.25, 0.3) is 5.91 Å². The van der Waals surface area contributed by atoms with Gasteiger partial charge in [0.2, 0.25) is 0 Å². The lowest BCUT2D eigenvalue weighted by Gasteiger charge is -2.26. The van der Waals surface area contributed by atoms with Gasteiger partial charge in [0.1, 0.15) is 30.5 Å². The van der Waals surface area contributed by atoms with Crippen LogP contribution >= 0.6 is 0 Å². The number of hydrogen-bond acceptors (Lipinski definition) is 6. The SMILES string of the molecule is N#CC(C#N)=C(C#N)Nc1ccc(N2CCOCC2=O)cc1. The van der Waals surface area contributed by atoms with Gasteiger partial charge < -0.3 is 15.0 Å². The maximum atomic E-state index is 11.7. The lowest BCUT2D eigenvalue weighted by Crippen LogP contribution is -2.41. The highest BCUT2D eigenvalue weighted by atomic mass is 16.5. The van der Waals surface area contributed by atoms with E-state index in [0.29, 0.717) is 18.8 Å². The first-order valence-electron chi connectivity index (χ1n) is 6.39. The molecular formula is C15H11N5O2. The number of anilines is 2. The van der Waals surface area contributed by atoms with Crippen molar-refractivity contribution in [3.05, 3.63) is 35.5 Å². The maximum absolute atomic E-state index is 11.7. The van der Waals surface area contributed by atoms with Crippen LogP contribution in [-0.2, 0) is 9.53 Å². The van der Waals surface area contributed by atoms with E-state index >= 15 is 0 Å². The summed E-state index contributed by atoms with van der Waals surface area (Å²) < 4.78 is 5.07. The second-order valence-corrected chi connectivity index (χ2v) is 4.36. The van der Waals surface area contributed by atoms with Gasteiger partial charge in [-0.2, -0.15) is 15.8 Å². The molecule has 0 saturated carbocycles. The van der Waals surface area contributed by atoms with Crippen LogP contribution in [-0.4, -0.2) is 25.7 Å². The number of rotatable bonds is 3. The summed E-state index contributed by atoms with van der Waals surface area (Å²) in [5, 5.41) is 29.2. The topological polar surface area (TPSA) is 113 Å². The Bertz CT molecular complexity index is 715. The smallest absolute Gasteiger partial charge is 0.253 e. The normalized spacial score (nSPS) is 13.5. The van der Waals surface area contributed by atoms with Crippen molar-refractivity contribution in [2.75, 3.05) is 30.0 Å². The number of morpholine rings is 1. The third kappa shape index (κ3) is 3.21. The molecule has 1 amide bonds. The Morgan fingerprint density at radius 2 is 1.82 bits per heavy atom. The summed E-state index contributed by atoms with van der Waals surface area (Å²) in [5.41, 5.74) is 0.876. The van der Waals surface area contributed by atoms with Gasteiger partial charge in [-0.1, -0.05) is 0 Å². The van der Waals surface area contributed by atoms with E-state index in [-0.39, 0.29) is 23.8 Å².